The highest BCUT2D eigenvalue weighted by Crippen LogP contribution is 2.31. The summed E-state index contributed by atoms with van der Waals surface area (Å²) in [6.45, 7) is 5.76. The van der Waals surface area contributed by atoms with Gasteiger partial charge in [-0.1, -0.05) is 12.1 Å². The van der Waals surface area contributed by atoms with Gasteiger partial charge in [0, 0.05) is 18.2 Å². The Kier molecular flexibility index (Phi) is 3.02. The molecule has 92 valence electrons. The Morgan fingerprint density at radius 1 is 1.53 bits per heavy atom. The molecule has 1 aliphatic rings. The lowest BCUT2D eigenvalue weighted by atomic mass is 10.00. The molecule has 1 saturated heterocycles. The molecule has 0 aliphatic carbocycles. The summed E-state index contributed by atoms with van der Waals surface area (Å²) in [7, 11) is 0. The minimum absolute atomic E-state index is 0.100. The summed E-state index contributed by atoms with van der Waals surface area (Å²) in [4.78, 5) is 10.7. The van der Waals surface area contributed by atoms with E-state index in [0.29, 0.717) is 5.69 Å². The first-order chi connectivity index (χ1) is 8.02. The second kappa shape index (κ2) is 4.33. The Balaban J connectivity index is 2.34. The molecule has 1 heterocycles. The molecule has 1 unspecified atom stereocenters. The topological polar surface area (TPSA) is 67.2 Å². The maximum atomic E-state index is 11.0. The number of nitro groups is 1. The molecule has 5 heteroatoms. The van der Waals surface area contributed by atoms with Gasteiger partial charge in [0.15, 0.2) is 0 Å². The molecule has 0 saturated carbocycles. The van der Waals surface area contributed by atoms with E-state index in [1.165, 1.54) is 0 Å². The van der Waals surface area contributed by atoms with E-state index in [9.17, 15) is 10.1 Å². The quantitative estimate of drug-likeness (QED) is 0.621. The van der Waals surface area contributed by atoms with E-state index >= 15 is 0 Å². The monoisotopic (exact) mass is 235 g/mol. The first-order valence-corrected chi connectivity index (χ1v) is 5.75. The average molecular weight is 235 g/mol. The van der Waals surface area contributed by atoms with Crippen molar-refractivity contribution in [3.05, 3.63) is 33.9 Å². The minimum Gasteiger partial charge on any atom is -0.373 e. The van der Waals surface area contributed by atoms with Crippen LogP contribution in [0.1, 0.15) is 18.9 Å². The summed E-state index contributed by atoms with van der Waals surface area (Å²) in [5, 5.41) is 17.6. The van der Waals surface area contributed by atoms with Crippen LogP contribution in [0.15, 0.2) is 18.2 Å². The van der Waals surface area contributed by atoms with Crippen LogP contribution in [0.25, 0.3) is 0 Å². The van der Waals surface area contributed by atoms with Crippen LogP contribution in [-0.4, -0.2) is 23.6 Å². The highest BCUT2D eigenvalue weighted by atomic mass is 16.6. The van der Waals surface area contributed by atoms with Crippen LogP contribution in [0.3, 0.4) is 0 Å². The van der Waals surface area contributed by atoms with Crippen LogP contribution in [0, 0.1) is 17.0 Å². The zero-order valence-electron chi connectivity index (χ0n) is 10.1. The van der Waals surface area contributed by atoms with Crippen LogP contribution >= 0.6 is 0 Å². The van der Waals surface area contributed by atoms with Crippen LogP contribution in [0.5, 0.6) is 0 Å². The normalized spacial score (nSPS) is 23.6. The fourth-order valence-electron chi connectivity index (χ4n) is 2.19. The predicted molar refractivity (Wildman–Crippen MR) is 67.3 cm³/mol. The van der Waals surface area contributed by atoms with Crippen molar-refractivity contribution < 1.29 is 4.92 Å². The number of nitrogens with one attached hydrogen (secondary N) is 2. The summed E-state index contributed by atoms with van der Waals surface area (Å²) in [6, 6.07) is 5.15. The van der Waals surface area contributed by atoms with Crippen molar-refractivity contribution >= 4 is 11.4 Å². The minimum atomic E-state index is -0.332. The summed E-state index contributed by atoms with van der Waals surface area (Å²) >= 11 is 0. The molecule has 0 aromatic heterocycles. The Morgan fingerprint density at radius 2 is 2.29 bits per heavy atom. The molecule has 5 nitrogen and oxygen atoms in total. The molecule has 2 N–H and O–H groups in total. The van der Waals surface area contributed by atoms with Crippen LogP contribution < -0.4 is 10.6 Å². The molecular weight excluding hydrogens is 218 g/mol. The number of hydrogen-bond acceptors (Lipinski definition) is 4. The van der Waals surface area contributed by atoms with Gasteiger partial charge < -0.3 is 10.6 Å². The van der Waals surface area contributed by atoms with Gasteiger partial charge in [0.05, 0.1) is 4.92 Å². The molecule has 0 amide bonds. The number of rotatable bonds is 3. The first kappa shape index (κ1) is 11.9. The SMILES string of the molecule is Cc1cccc([N+](=O)[O-])c1NC1(C)CCNC1. The second-order valence-electron chi connectivity index (χ2n) is 4.84. The predicted octanol–water partition coefficient (Wildman–Crippen LogP) is 2.07. The number of benzene rings is 1. The Morgan fingerprint density at radius 3 is 2.88 bits per heavy atom. The van der Waals surface area contributed by atoms with Gasteiger partial charge in [0.1, 0.15) is 5.69 Å². The third kappa shape index (κ3) is 2.39. The fourth-order valence-corrected chi connectivity index (χ4v) is 2.19. The van der Waals surface area contributed by atoms with E-state index in [1.807, 2.05) is 13.0 Å². The van der Waals surface area contributed by atoms with Crippen molar-refractivity contribution in [2.75, 3.05) is 18.4 Å². The van der Waals surface area contributed by atoms with Crippen molar-refractivity contribution in [2.45, 2.75) is 25.8 Å². The van der Waals surface area contributed by atoms with Crippen molar-refractivity contribution in [3.8, 4) is 0 Å². The number of para-hydroxylation sites is 1. The Hall–Kier alpha value is -1.62. The summed E-state index contributed by atoms with van der Waals surface area (Å²) in [5.41, 5.74) is 1.60. The average Bonchev–Trinajstić information content (AvgIpc) is 2.68. The van der Waals surface area contributed by atoms with E-state index in [2.05, 4.69) is 17.6 Å². The molecular formula is C12H17N3O2. The molecule has 1 aromatic carbocycles. The molecule has 1 aromatic rings. The summed E-state index contributed by atoms with van der Waals surface area (Å²) < 4.78 is 0. The highest BCUT2D eigenvalue weighted by Gasteiger charge is 2.30. The van der Waals surface area contributed by atoms with E-state index < -0.39 is 0 Å². The molecule has 17 heavy (non-hydrogen) atoms. The lowest BCUT2D eigenvalue weighted by Gasteiger charge is -2.26. The van der Waals surface area contributed by atoms with Crippen molar-refractivity contribution in [3.63, 3.8) is 0 Å². The number of anilines is 1. The van der Waals surface area contributed by atoms with Gasteiger partial charge in [-0.3, -0.25) is 10.1 Å². The number of hydrogen-bond donors (Lipinski definition) is 2. The fraction of sp³-hybridized carbons (Fsp3) is 0.500. The van der Waals surface area contributed by atoms with Gasteiger partial charge in [-0.2, -0.15) is 0 Å². The van der Waals surface area contributed by atoms with Crippen LogP contribution in [-0.2, 0) is 0 Å². The van der Waals surface area contributed by atoms with E-state index in [4.69, 9.17) is 0 Å². The largest absolute Gasteiger partial charge is 0.373 e. The van der Waals surface area contributed by atoms with E-state index in [-0.39, 0.29) is 16.1 Å². The smallest absolute Gasteiger partial charge is 0.292 e. The maximum absolute atomic E-state index is 11.0. The summed E-state index contributed by atoms with van der Waals surface area (Å²) in [5.74, 6) is 0. The lowest BCUT2D eigenvalue weighted by molar-refractivity contribution is -0.384. The van der Waals surface area contributed by atoms with Gasteiger partial charge in [-0.15, -0.1) is 0 Å². The van der Waals surface area contributed by atoms with Crippen molar-refractivity contribution in [2.24, 2.45) is 0 Å². The number of nitrogens with zero attached hydrogens (tertiary/aromatic N) is 1. The molecule has 1 aliphatic heterocycles. The highest BCUT2D eigenvalue weighted by molar-refractivity contribution is 5.67. The molecule has 0 radical (unpaired) electrons. The molecule has 0 spiro atoms. The number of aryl methyl sites for hydroxylation is 1. The van der Waals surface area contributed by atoms with Gasteiger partial charge in [-0.25, -0.2) is 0 Å². The Bertz CT molecular complexity index is 439. The van der Waals surface area contributed by atoms with E-state index in [0.717, 1.165) is 25.1 Å². The lowest BCUT2D eigenvalue weighted by Crippen LogP contribution is -2.37. The maximum Gasteiger partial charge on any atom is 0.292 e. The van der Waals surface area contributed by atoms with Crippen molar-refractivity contribution in [1.82, 2.24) is 5.32 Å². The molecule has 1 atom stereocenters. The Labute approximate surface area is 100 Å². The van der Waals surface area contributed by atoms with Gasteiger partial charge in [-0.05, 0) is 32.4 Å². The van der Waals surface area contributed by atoms with Crippen LogP contribution in [0.4, 0.5) is 11.4 Å². The van der Waals surface area contributed by atoms with Gasteiger partial charge in [0.2, 0.25) is 0 Å². The van der Waals surface area contributed by atoms with Crippen molar-refractivity contribution in [1.29, 1.82) is 0 Å². The molecule has 1 fully saturated rings. The van der Waals surface area contributed by atoms with Gasteiger partial charge >= 0.3 is 0 Å². The molecule has 0 bridgehead atoms. The van der Waals surface area contributed by atoms with Gasteiger partial charge in [0.25, 0.3) is 5.69 Å². The molecule has 2 rings (SSSR count). The zero-order valence-corrected chi connectivity index (χ0v) is 10.1. The first-order valence-electron chi connectivity index (χ1n) is 5.75. The standard InChI is InChI=1S/C12H17N3O2/c1-9-4-3-5-10(15(16)17)11(9)14-12(2)6-7-13-8-12/h3-5,13-14H,6-8H2,1-2H3. The third-order valence-corrected chi connectivity index (χ3v) is 3.24. The van der Waals surface area contributed by atoms with E-state index in [1.54, 1.807) is 12.1 Å². The van der Waals surface area contributed by atoms with Crippen LogP contribution in [0.2, 0.25) is 0 Å². The summed E-state index contributed by atoms with van der Waals surface area (Å²) in [6.07, 6.45) is 0.971. The second-order valence-corrected chi connectivity index (χ2v) is 4.84. The third-order valence-electron chi connectivity index (χ3n) is 3.24. The number of nitro benzene ring substituents is 1. The zero-order chi connectivity index (χ0) is 12.5.